The zero-order chi connectivity index (χ0) is 20.5. The Morgan fingerprint density at radius 2 is 1.89 bits per heavy atom. The number of hydrogen-bond donors (Lipinski definition) is 0. The number of amides is 1. The van der Waals surface area contributed by atoms with Crippen LogP contribution in [-0.4, -0.2) is 25.0 Å². The highest BCUT2D eigenvalue weighted by molar-refractivity contribution is 6.30. The molecule has 0 spiro atoms. The molecular formula is C22H21ClN2O3. The average Bonchev–Trinajstić information content (AvgIpc) is 2.64. The van der Waals surface area contributed by atoms with Crippen molar-refractivity contribution in [3.8, 4) is 6.07 Å². The molecule has 5 nitrogen and oxygen atoms in total. The standard InChI is InChI=1S/C22H21ClN2O3/c1-16-11-17(2)13-20(12-16)25(10-4-9-24)21(26)15-28-22(27)8-7-18-5-3-6-19(23)14-18/h3,5-8,11-14H,4,10,15H2,1-2H3/b8-7+. The number of benzene rings is 2. The number of aryl methyl sites for hydroxylation is 2. The van der Waals surface area contributed by atoms with Crippen LogP contribution in [0.25, 0.3) is 6.08 Å². The Morgan fingerprint density at radius 1 is 1.18 bits per heavy atom. The molecule has 28 heavy (non-hydrogen) atoms. The first-order valence-electron chi connectivity index (χ1n) is 8.75. The van der Waals surface area contributed by atoms with Gasteiger partial charge in [0.25, 0.3) is 5.91 Å². The summed E-state index contributed by atoms with van der Waals surface area (Å²) in [6, 6.07) is 14.8. The molecule has 1 amide bonds. The summed E-state index contributed by atoms with van der Waals surface area (Å²) in [6.07, 6.45) is 2.99. The highest BCUT2D eigenvalue weighted by Gasteiger charge is 2.17. The lowest BCUT2D eigenvalue weighted by molar-refractivity contribution is -0.142. The zero-order valence-electron chi connectivity index (χ0n) is 15.8. The maximum absolute atomic E-state index is 12.6. The second-order valence-corrected chi connectivity index (χ2v) is 6.73. The van der Waals surface area contributed by atoms with Crippen LogP contribution < -0.4 is 4.90 Å². The van der Waals surface area contributed by atoms with E-state index in [4.69, 9.17) is 21.6 Å². The Kier molecular flexibility index (Phi) is 7.79. The fourth-order valence-electron chi connectivity index (χ4n) is 2.70. The minimum absolute atomic E-state index is 0.182. The van der Waals surface area contributed by atoms with Crippen molar-refractivity contribution in [3.05, 3.63) is 70.3 Å². The van der Waals surface area contributed by atoms with Gasteiger partial charge in [0.1, 0.15) is 0 Å². The summed E-state index contributed by atoms with van der Waals surface area (Å²) in [5, 5.41) is 9.44. The van der Waals surface area contributed by atoms with E-state index >= 15 is 0 Å². The second kappa shape index (κ2) is 10.3. The van der Waals surface area contributed by atoms with Crippen molar-refractivity contribution >= 4 is 35.2 Å². The van der Waals surface area contributed by atoms with Crippen molar-refractivity contribution in [2.75, 3.05) is 18.1 Å². The van der Waals surface area contributed by atoms with E-state index in [-0.39, 0.29) is 18.9 Å². The van der Waals surface area contributed by atoms with Crippen molar-refractivity contribution in [1.82, 2.24) is 0 Å². The van der Waals surface area contributed by atoms with Crippen LogP contribution in [-0.2, 0) is 14.3 Å². The van der Waals surface area contributed by atoms with Crippen LogP contribution >= 0.6 is 11.6 Å². The first kappa shape index (κ1) is 21.2. The molecule has 0 aliphatic rings. The molecule has 0 radical (unpaired) electrons. The normalized spacial score (nSPS) is 10.5. The van der Waals surface area contributed by atoms with Crippen LogP contribution in [0.15, 0.2) is 48.5 Å². The maximum Gasteiger partial charge on any atom is 0.331 e. The lowest BCUT2D eigenvalue weighted by Gasteiger charge is -2.22. The molecule has 0 atom stereocenters. The zero-order valence-corrected chi connectivity index (χ0v) is 16.6. The van der Waals surface area contributed by atoms with E-state index in [2.05, 4.69) is 0 Å². The van der Waals surface area contributed by atoms with Gasteiger partial charge in [-0.15, -0.1) is 0 Å². The highest BCUT2D eigenvalue weighted by atomic mass is 35.5. The van der Waals surface area contributed by atoms with E-state index in [1.54, 1.807) is 30.3 Å². The molecule has 0 fully saturated rings. The summed E-state index contributed by atoms with van der Waals surface area (Å²) in [6.45, 7) is 3.69. The molecule has 0 saturated carbocycles. The third kappa shape index (κ3) is 6.57. The van der Waals surface area contributed by atoms with Gasteiger partial charge in [0.2, 0.25) is 0 Å². The number of rotatable bonds is 7. The summed E-state index contributed by atoms with van der Waals surface area (Å²) in [5.74, 6) is -1.02. The molecule has 2 aromatic carbocycles. The Balaban J connectivity index is 2.02. The summed E-state index contributed by atoms with van der Waals surface area (Å²) in [7, 11) is 0. The molecule has 0 saturated heterocycles. The van der Waals surface area contributed by atoms with Gasteiger partial charge in [-0.05, 0) is 60.9 Å². The quantitative estimate of drug-likeness (QED) is 0.511. The number of carbonyl (C=O) groups excluding carboxylic acids is 2. The maximum atomic E-state index is 12.6. The smallest absolute Gasteiger partial charge is 0.331 e. The molecular weight excluding hydrogens is 376 g/mol. The number of carbonyl (C=O) groups is 2. The van der Waals surface area contributed by atoms with Gasteiger partial charge in [0.05, 0.1) is 12.5 Å². The first-order chi connectivity index (χ1) is 13.4. The molecule has 0 bridgehead atoms. The lowest BCUT2D eigenvalue weighted by Crippen LogP contribution is -2.35. The van der Waals surface area contributed by atoms with Crippen molar-refractivity contribution in [2.24, 2.45) is 0 Å². The second-order valence-electron chi connectivity index (χ2n) is 6.30. The van der Waals surface area contributed by atoms with E-state index in [9.17, 15) is 9.59 Å². The number of anilines is 1. The van der Waals surface area contributed by atoms with Crippen molar-refractivity contribution in [2.45, 2.75) is 20.3 Å². The topological polar surface area (TPSA) is 70.4 Å². The molecule has 2 aromatic rings. The Labute approximate surface area is 169 Å². The Morgan fingerprint density at radius 3 is 2.54 bits per heavy atom. The van der Waals surface area contributed by atoms with E-state index < -0.39 is 12.6 Å². The fourth-order valence-corrected chi connectivity index (χ4v) is 2.90. The van der Waals surface area contributed by atoms with Gasteiger partial charge in [-0.1, -0.05) is 29.8 Å². The van der Waals surface area contributed by atoms with E-state index in [1.165, 1.54) is 11.0 Å². The molecule has 0 N–H and O–H groups in total. The number of halogens is 1. The molecule has 0 unspecified atom stereocenters. The van der Waals surface area contributed by atoms with Crippen molar-refractivity contribution in [1.29, 1.82) is 5.26 Å². The Bertz CT molecular complexity index is 911. The van der Waals surface area contributed by atoms with Crippen molar-refractivity contribution in [3.63, 3.8) is 0 Å². The van der Waals surface area contributed by atoms with Gasteiger partial charge < -0.3 is 9.64 Å². The summed E-state index contributed by atoms with van der Waals surface area (Å²) >= 11 is 5.90. The average molecular weight is 397 g/mol. The molecule has 0 aliphatic heterocycles. The SMILES string of the molecule is Cc1cc(C)cc(N(CCC#N)C(=O)COC(=O)/C=C/c2cccc(Cl)c2)c1. The lowest BCUT2D eigenvalue weighted by atomic mass is 10.1. The molecule has 0 heterocycles. The van der Waals surface area contributed by atoms with Crippen LogP contribution in [0.2, 0.25) is 5.02 Å². The number of nitrogens with zero attached hydrogens (tertiary/aromatic N) is 2. The summed E-state index contributed by atoms with van der Waals surface area (Å²) in [4.78, 5) is 26.0. The highest BCUT2D eigenvalue weighted by Crippen LogP contribution is 2.19. The third-order valence-corrected chi connectivity index (χ3v) is 4.10. The van der Waals surface area contributed by atoms with Gasteiger partial charge >= 0.3 is 5.97 Å². The number of hydrogen-bond acceptors (Lipinski definition) is 4. The molecule has 2 rings (SSSR count). The van der Waals surface area contributed by atoms with Crippen LogP contribution in [0.5, 0.6) is 0 Å². The molecule has 6 heteroatoms. The van der Waals surface area contributed by atoms with Crippen molar-refractivity contribution < 1.29 is 14.3 Å². The largest absolute Gasteiger partial charge is 0.452 e. The minimum atomic E-state index is -0.631. The number of nitriles is 1. The monoisotopic (exact) mass is 396 g/mol. The van der Waals surface area contributed by atoms with Gasteiger partial charge in [0.15, 0.2) is 6.61 Å². The Hall–Kier alpha value is -3.10. The van der Waals surface area contributed by atoms with Crippen LogP contribution in [0.3, 0.4) is 0 Å². The van der Waals surface area contributed by atoms with E-state index in [1.807, 2.05) is 38.1 Å². The van der Waals surface area contributed by atoms with Gasteiger partial charge in [0, 0.05) is 23.3 Å². The minimum Gasteiger partial charge on any atom is -0.452 e. The molecule has 0 aromatic heterocycles. The van der Waals surface area contributed by atoms with E-state index in [0.29, 0.717) is 10.7 Å². The fraction of sp³-hybridized carbons (Fsp3) is 0.227. The van der Waals surface area contributed by atoms with Gasteiger partial charge in [-0.3, -0.25) is 4.79 Å². The predicted molar refractivity (Wildman–Crippen MR) is 110 cm³/mol. The molecule has 144 valence electrons. The van der Waals surface area contributed by atoms with Crippen LogP contribution in [0, 0.1) is 25.2 Å². The molecule has 0 aliphatic carbocycles. The van der Waals surface area contributed by atoms with Gasteiger partial charge in [-0.25, -0.2) is 4.79 Å². The summed E-state index contributed by atoms with van der Waals surface area (Å²) < 4.78 is 5.07. The third-order valence-electron chi connectivity index (χ3n) is 3.86. The summed E-state index contributed by atoms with van der Waals surface area (Å²) in [5.41, 5.74) is 3.45. The first-order valence-corrected chi connectivity index (χ1v) is 9.13. The number of esters is 1. The van der Waals surface area contributed by atoms with Gasteiger partial charge in [-0.2, -0.15) is 5.26 Å². The van der Waals surface area contributed by atoms with E-state index in [0.717, 1.165) is 16.7 Å². The predicted octanol–water partition coefficient (Wildman–Crippen LogP) is 4.46. The number of ether oxygens (including phenoxy) is 1. The van der Waals surface area contributed by atoms with Crippen LogP contribution in [0.1, 0.15) is 23.1 Å². The van der Waals surface area contributed by atoms with Crippen LogP contribution in [0.4, 0.5) is 5.69 Å².